The summed E-state index contributed by atoms with van der Waals surface area (Å²) in [5.41, 5.74) is 3.44. The van der Waals surface area contributed by atoms with Gasteiger partial charge in [0, 0.05) is 5.69 Å². The maximum atomic E-state index is 12.6. The van der Waals surface area contributed by atoms with Crippen LogP contribution in [0.15, 0.2) is 42.5 Å². The van der Waals surface area contributed by atoms with E-state index in [1.54, 1.807) is 18.2 Å². The lowest BCUT2D eigenvalue weighted by atomic mass is 9.97. The van der Waals surface area contributed by atoms with Gasteiger partial charge in [0.25, 0.3) is 5.91 Å². The summed E-state index contributed by atoms with van der Waals surface area (Å²) in [6.07, 6.45) is 0.168. The van der Waals surface area contributed by atoms with E-state index in [1.165, 1.54) is 0 Å². The minimum absolute atomic E-state index is 0.227. The lowest BCUT2D eigenvalue weighted by Crippen LogP contribution is -2.28. The van der Waals surface area contributed by atoms with Crippen LogP contribution in [0.25, 0.3) is 0 Å². The number of hydrogen-bond acceptors (Lipinski definition) is 4. The minimum Gasteiger partial charge on any atom is -0.482 e. The highest BCUT2D eigenvalue weighted by atomic mass is 16.5. The van der Waals surface area contributed by atoms with Gasteiger partial charge in [-0.3, -0.25) is 4.79 Å². The Bertz CT molecular complexity index is 802. The number of nitrogens with one attached hydrogen (secondary N) is 1. The highest BCUT2D eigenvalue weighted by Crippen LogP contribution is 2.29. The molecule has 6 heteroatoms. The number of carbonyl (C=O) groups excluding carboxylic acids is 1. The van der Waals surface area contributed by atoms with Gasteiger partial charge in [-0.1, -0.05) is 24.3 Å². The van der Waals surface area contributed by atoms with Crippen LogP contribution in [0.5, 0.6) is 5.75 Å². The monoisotopic (exact) mass is 341 g/mol. The number of fused-ring (bicyclic) bond motifs is 1. The summed E-state index contributed by atoms with van der Waals surface area (Å²) in [5, 5.41) is 11.5. The number of carboxylic acid groups (broad SMARTS) is 1. The molecule has 1 atom stereocenters. The second-order valence-corrected chi connectivity index (χ2v) is 5.85. The van der Waals surface area contributed by atoms with Crippen molar-refractivity contribution in [3.8, 4) is 5.75 Å². The second-order valence-electron chi connectivity index (χ2n) is 5.85. The topological polar surface area (TPSA) is 84.9 Å². The van der Waals surface area contributed by atoms with E-state index in [-0.39, 0.29) is 5.91 Å². The van der Waals surface area contributed by atoms with E-state index in [4.69, 9.17) is 14.6 Å². The van der Waals surface area contributed by atoms with Gasteiger partial charge in [0.2, 0.25) is 0 Å². The van der Waals surface area contributed by atoms with Gasteiger partial charge in [0.1, 0.15) is 5.75 Å². The molecule has 1 aliphatic rings. The van der Waals surface area contributed by atoms with Crippen molar-refractivity contribution >= 4 is 17.6 Å². The molecule has 0 fully saturated rings. The fourth-order valence-corrected chi connectivity index (χ4v) is 2.82. The first-order valence-corrected chi connectivity index (χ1v) is 8.00. The SMILES string of the molecule is Cc1cc(OCC(=O)O)ccc1NC(=O)C1OCCc2ccccc21. The van der Waals surface area contributed by atoms with Gasteiger partial charge in [-0.05, 0) is 48.2 Å². The number of ether oxygens (including phenoxy) is 2. The average molecular weight is 341 g/mol. The number of benzene rings is 2. The number of carboxylic acids is 1. The fraction of sp³-hybridized carbons (Fsp3) is 0.263. The average Bonchev–Trinajstić information content (AvgIpc) is 2.61. The first kappa shape index (κ1) is 17.0. The predicted octanol–water partition coefficient (Wildman–Crippen LogP) is 2.71. The molecular formula is C19H19NO5. The van der Waals surface area contributed by atoms with E-state index in [1.807, 2.05) is 31.2 Å². The summed E-state index contributed by atoms with van der Waals surface area (Å²) in [6.45, 7) is 1.92. The van der Waals surface area contributed by atoms with Gasteiger partial charge in [0.15, 0.2) is 12.7 Å². The van der Waals surface area contributed by atoms with Crippen LogP contribution in [0.1, 0.15) is 22.8 Å². The van der Waals surface area contributed by atoms with Crippen molar-refractivity contribution < 1.29 is 24.2 Å². The predicted molar refractivity (Wildman–Crippen MR) is 91.8 cm³/mol. The van der Waals surface area contributed by atoms with Crippen LogP contribution in [0.3, 0.4) is 0 Å². The van der Waals surface area contributed by atoms with Crippen molar-refractivity contribution in [1.29, 1.82) is 0 Å². The minimum atomic E-state index is -1.04. The zero-order valence-electron chi connectivity index (χ0n) is 13.8. The molecule has 1 heterocycles. The molecule has 3 rings (SSSR count). The quantitative estimate of drug-likeness (QED) is 0.873. The molecule has 0 saturated heterocycles. The zero-order valence-corrected chi connectivity index (χ0v) is 13.8. The summed E-state index contributed by atoms with van der Waals surface area (Å²) < 4.78 is 10.8. The molecule has 2 aromatic rings. The van der Waals surface area contributed by atoms with Crippen molar-refractivity contribution in [1.82, 2.24) is 0 Å². The third-order valence-corrected chi connectivity index (χ3v) is 4.05. The van der Waals surface area contributed by atoms with Gasteiger partial charge in [-0.15, -0.1) is 0 Å². The smallest absolute Gasteiger partial charge is 0.341 e. The Kier molecular flexibility index (Phi) is 5.00. The fourth-order valence-electron chi connectivity index (χ4n) is 2.82. The number of amides is 1. The third kappa shape index (κ3) is 3.97. The van der Waals surface area contributed by atoms with Crippen LogP contribution in [0.2, 0.25) is 0 Å². The number of aliphatic carboxylic acids is 1. The molecule has 25 heavy (non-hydrogen) atoms. The lowest BCUT2D eigenvalue weighted by Gasteiger charge is -2.25. The molecule has 1 unspecified atom stereocenters. The largest absolute Gasteiger partial charge is 0.482 e. The molecule has 0 spiro atoms. The van der Waals surface area contributed by atoms with Crippen molar-refractivity contribution in [3.05, 3.63) is 59.2 Å². The van der Waals surface area contributed by atoms with Crippen molar-refractivity contribution in [2.75, 3.05) is 18.5 Å². The first-order valence-electron chi connectivity index (χ1n) is 8.00. The standard InChI is InChI=1S/C19H19NO5/c1-12-10-14(25-11-17(21)22)6-7-16(12)20-19(23)18-15-5-3-2-4-13(15)8-9-24-18/h2-7,10,18H,8-9,11H2,1H3,(H,20,23)(H,21,22). The lowest BCUT2D eigenvalue weighted by molar-refractivity contribution is -0.139. The maximum Gasteiger partial charge on any atom is 0.341 e. The molecular weight excluding hydrogens is 322 g/mol. The molecule has 0 aromatic heterocycles. The van der Waals surface area contributed by atoms with E-state index in [0.717, 1.165) is 23.1 Å². The molecule has 130 valence electrons. The van der Waals surface area contributed by atoms with Gasteiger partial charge >= 0.3 is 5.97 Å². The van der Waals surface area contributed by atoms with E-state index in [2.05, 4.69) is 5.32 Å². The van der Waals surface area contributed by atoms with Gasteiger partial charge in [0.05, 0.1) is 6.61 Å². The highest BCUT2D eigenvalue weighted by Gasteiger charge is 2.27. The summed E-state index contributed by atoms with van der Waals surface area (Å²) in [7, 11) is 0. The molecule has 1 aliphatic heterocycles. The molecule has 0 radical (unpaired) electrons. The highest BCUT2D eigenvalue weighted by molar-refractivity contribution is 5.96. The Morgan fingerprint density at radius 1 is 1.28 bits per heavy atom. The first-order chi connectivity index (χ1) is 12.0. The number of aryl methyl sites for hydroxylation is 1. The normalized spacial score (nSPS) is 16.0. The Morgan fingerprint density at radius 3 is 2.84 bits per heavy atom. The number of hydrogen-bond donors (Lipinski definition) is 2. The summed E-state index contributed by atoms with van der Waals surface area (Å²) >= 11 is 0. The van der Waals surface area contributed by atoms with E-state index in [9.17, 15) is 9.59 Å². The molecule has 6 nitrogen and oxygen atoms in total. The third-order valence-electron chi connectivity index (χ3n) is 4.05. The van der Waals surface area contributed by atoms with Crippen LogP contribution >= 0.6 is 0 Å². The maximum absolute atomic E-state index is 12.6. The molecule has 0 saturated carbocycles. The Balaban J connectivity index is 1.72. The zero-order chi connectivity index (χ0) is 17.8. The van der Waals surface area contributed by atoms with Crippen molar-refractivity contribution in [3.63, 3.8) is 0 Å². The molecule has 0 aliphatic carbocycles. The van der Waals surface area contributed by atoms with Gasteiger partial charge in [-0.25, -0.2) is 4.79 Å². The Morgan fingerprint density at radius 2 is 2.08 bits per heavy atom. The summed E-state index contributed by atoms with van der Waals surface area (Å²) in [4.78, 5) is 23.2. The molecule has 1 amide bonds. The van der Waals surface area contributed by atoms with Crippen LogP contribution in [-0.4, -0.2) is 30.2 Å². The molecule has 2 aromatic carbocycles. The Hall–Kier alpha value is -2.86. The summed E-state index contributed by atoms with van der Waals surface area (Å²) in [5.74, 6) is -0.824. The number of anilines is 1. The van der Waals surface area contributed by atoms with E-state index < -0.39 is 18.7 Å². The van der Waals surface area contributed by atoms with Crippen LogP contribution in [-0.2, 0) is 20.7 Å². The Labute approximate surface area is 145 Å². The van der Waals surface area contributed by atoms with Crippen LogP contribution < -0.4 is 10.1 Å². The van der Waals surface area contributed by atoms with Crippen molar-refractivity contribution in [2.45, 2.75) is 19.4 Å². The van der Waals surface area contributed by atoms with Gasteiger partial charge in [-0.2, -0.15) is 0 Å². The van der Waals surface area contributed by atoms with Crippen LogP contribution in [0.4, 0.5) is 5.69 Å². The van der Waals surface area contributed by atoms with Gasteiger partial charge < -0.3 is 19.9 Å². The van der Waals surface area contributed by atoms with Crippen LogP contribution in [0, 0.1) is 6.92 Å². The number of carbonyl (C=O) groups is 2. The summed E-state index contributed by atoms with van der Waals surface area (Å²) in [6, 6.07) is 12.8. The molecule has 2 N–H and O–H groups in total. The number of rotatable bonds is 5. The van der Waals surface area contributed by atoms with Crippen molar-refractivity contribution in [2.24, 2.45) is 0 Å². The van der Waals surface area contributed by atoms with E-state index >= 15 is 0 Å². The molecule has 0 bridgehead atoms. The second kappa shape index (κ2) is 7.36. The van der Waals surface area contributed by atoms with E-state index in [0.29, 0.717) is 18.0 Å².